The molecule has 0 aromatic heterocycles. The molecule has 0 heterocycles. The summed E-state index contributed by atoms with van der Waals surface area (Å²) in [5.74, 6) is -4.35. The third-order valence-electron chi connectivity index (χ3n) is 2.55. The number of esters is 1. The maximum absolute atomic E-state index is 13.8. The number of rotatable bonds is 4. The number of amides is 1. The molecule has 0 spiro atoms. The van der Waals surface area contributed by atoms with Crippen LogP contribution in [0.15, 0.2) is 12.1 Å². The molecule has 3 N–H and O–H groups in total. The predicted molar refractivity (Wildman–Crippen MR) is 64.6 cm³/mol. The molecule has 5 nitrogen and oxygen atoms in total. The van der Waals surface area contributed by atoms with Gasteiger partial charge in [0.1, 0.15) is 5.54 Å². The van der Waals surface area contributed by atoms with Gasteiger partial charge in [0.25, 0.3) is 0 Å². The normalized spacial score (nSPS) is 11.0. The van der Waals surface area contributed by atoms with Gasteiger partial charge in [-0.15, -0.1) is 0 Å². The summed E-state index contributed by atoms with van der Waals surface area (Å²) in [5.41, 5.74) is 3.06. The molecule has 0 aliphatic carbocycles. The first-order valence-electron chi connectivity index (χ1n) is 5.35. The van der Waals surface area contributed by atoms with Crippen LogP contribution in [0.25, 0.3) is 0 Å². The number of hydrogen-bond donors (Lipinski definition) is 2. The monoisotopic (exact) mass is 272 g/mol. The van der Waals surface area contributed by atoms with Crippen molar-refractivity contribution in [1.82, 2.24) is 0 Å². The van der Waals surface area contributed by atoms with Gasteiger partial charge in [-0.25, -0.2) is 13.6 Å². The fourth-order valence-corrected chi connectivity index (χ4v) is 1.31. The Labute approximate surface area is 108 Å². The second-order valence-electron chi connectivity index (χ2n) is 4.39. The zero-order valence-corrected chi connectivity index (χ0v) is 10.7. The van der Waals surface area contributed by atoms with Crippen LogP contribution >= 0.6 is 0 Å². The first-order valence-corrected chi connectivity index (χ1v) is 5.35. The molecule has 0 atom stereocenters. The number of methoxy groups -OCH3 is 1. The topological polar surface area (TPSA) is 81.4 Å². The van der Waals surface area contributed by atoms with Crippen molar-refractivity contribution in [2.45, 2.75) is 19.4 Å². The Bertz CT molecular complexity index is 530. The number of nitrogens with one attached hydrogen (secondary N) is 1. The molecule has 1 rings (SSSR count). The first-order chi connectivity index (χ1) is 8.70. The van der Waals surface area contributed by atoms with E-state index in [1.54, 1.807) is 0 Å². The zero-order chi connectivity index (χ0) is 14.8. The van der Waals surface area contributed by atoms with Gasteiger partial charge in [0.15, 0.2) is 11.6 Å². The van der Waals surface area contributed by atoms with E-state index in [0.29, 0.717) is 0 Å². The number of primary amides is 1. The fraction of sp³-hybridized carbons (Fsp3) is 0.333. The number of hydrogen-bond acceptors (Lipinski definition) is 4. The fourth-order valence-electron chi connectivity index (χ4n) is 1.31. The Morgan fingerprint density at radius 2 is 1.84 bits per heavy atom. The van der Waals surface area contributed by atoms with Crippen LogP contribution < -0.4 is 11.1 Å². The zero-order valence-electron chi connectivity index (χ0n) is 10.7. The van der Waals surface area contributed by atoms with E-state index in [2.05, 4.69) is 10.1 Å². The van der Waals surface area contributed by atoms with Crippen LogP contribution in [0.1, 0.15) is 24.2 Å². The highest BCUT2D eigenvalue weighted by Crippen LogP contribution is 2.24. The SMILES string of the molecule is COC(=O)c1ccc(NC(C)(C)C(N)=O)c(F)c1F. The van der Waals surface area contributed by atoms with E-state index in [4.69, 9.17) is 5.73 Å². The number of carbonyl (C=O) groups is 2. The Morgan fingerprint density at radius 3 is 2.32 bits per heavy atom. The minimum absolute atomic E-state index is 0.269. The van der Waals surface area contributed by atoms with Gasteiger partial charge in [-0.2, -0.15) is 0 Å². The predicted octanol–water partition coefficient (Wildman–Crippen LogP) is 1.43. The van der Waals surface area contributed by atoms with Crippen LogP contribution in [0.3, 0.4) is 0 Å². The summed E-state index contributed by atoms with van der Waals surface area (Å²) in [7, 11) is 1.06. The van der Waals surface area contributed by atoms with Crippen molar-refractivity contribution in [3.05, 3.63) is 29.3 Å². The van der Waals surface area contributed by atoms with Crippen molar-refractivity contribution in [3.63, 3.8) is 0 Å². The van der Waals surface area contributed by atoms with Crippen molar-refractivity contribution in [1.29, 1.82) is 0 Å². The van der Waals surface area contributed by atoms with Gasteiger partial charge in [0.2, 0.25) is 5.91 Å². The Balaban J connectivity index is 3.17. The van der Waals surface area contributed by atoms with E-state index >= 15 is 0 Å². The Hall–Kier alpha value is -2.18. The molecule has 0 aliphatic rings. The Kier molecular flexibility index (Phi) is 4.08. The van der Waals surface area contributed by atoms with Crippen molar-refractivity contribution in [3.8, 4) is 0 Å². The first kappa shape index (κ1) is 14.9. The lowest BCUT2D eigenvalue weighted by atomic mass is 10.0. The maximum Gasteiger partial charge on any atom is 0.340 e. The molecule has 0 fully saturated rings. The second kappa shape index (κ2) is 5.21. The summed E-state index contributed by atoms with van der Waals surface area (Å²) in [6.45, 7) is 2.84. The summed E-state index contributed by atoms with van der Waals surface area (Å²) in [6, 6.07) is 2.19. The largest absolute Gasteiger partial charge is 0.465 e. The lowest BCUT2D eigenvalue weighted by molar-refractivity contribution is -0.121. The smallest absolute Gasteiger partial charge is 0.340 e. The molecular weight excluding hydrogens is 258 g/mol. The molecule has 0 radical (unpaired) electrons. The molecular formula is C12H14F2N2O3. The molecule has 0 aliphatic heterocycles. The molecule has 0 unspecified atom stereocenters. The van der Waals surface area contributed by atoms with Crippen molar-refractivity contribution < 1.29 is 23.1 Å². The molecule has 7 heteroatoms. The average Bonchev–Trinajstić information content (AvgIpc) is 2.34. The third kappa shape index (κ3) is 2.98. The molecule has 1 aromatic carbocycles. The molecule has 19 heavy (non-hydrogen) atoms. The minimum atomic E-state index is -1.35. The summed E-state index contributed by atoms with van der Waals surface area (Å²) in [6.07, 6.45) is 0. The van der Waals surface area contributed by atoms with Gasteiger partial charge < -0.3 is 15.8 Å². The van der Waals surface area contributed by atoms with Crippen LogP contribution in [-0.4, -0.2) is 24.5 Å². The molecule has 1 amide bonds. The van der Waals surface area contributed by atoms with E-state index in [0.717, 1.165) is 19.2 Å². The highest BCUT2D eigenvalue weighted by Gasteiger charge is 2.27. The van der Waals surface area contributed by atoms with E-state index in [1.165, 1.54) is 13.8 Å². The van der Waals surface area contributed by atoms with E-state index < -0.39 is 34.6 Å². The van der Waals surface area contributed by atoms with Gasteiger partial charge in [-0.3, -0.25) is 4.79 Å². The summed E-state index contributed by atoms with van der Waals surface area (Å²) in [5, 5.41) is 2.47. The molecule has 0 saturated carbocycles. The van der Waals surface area contributed by atoms with Crippen LogP contribution in [0.5, 0.6) is 0 Å². The quantitative estimate of drug-likeness (QED) is 0.812. The number of benzene rings is 1. The molecule has 1 aromatic rings. The maximum atomic E-state index is 13.8. The second-order valence-corrected chi connectivity index (χ2v) is 4.39. The van der Waals surface area contributed by atoms with Crippen LogP contribution in [-0.2, 0) is 9.53 Å². The van der Waals surface area contributed by atoms with Crippen LogP contribution in [0, 0.1) is 11.6 Å². The summed E-state index contributed by atoms with van der Waals surface area (Å²) >= 11 is 0. The van der Waals surface area contributed by atoms with Crippen molar-refractivity contribution in [2.75, 3.05) is 12.4 Å². The standard InChI is InChI=1S/C12H14F2N2O3/c1-12(2,11(15)18)16-7-5-4-6(10(17)19-3)8(13)9(7)14/h4-5,16H,1-3H3,(H2,15,18). The lowest BCUT2D eigenvalue weighted by Gasteiger charge is -2.24. The van der Waals surface area contributed by atoms with Crippen LogP contribution in [0.2, 0.25) is 0 Å². The molecule has 0 bridgehead atoms. The number of ether oxygens (including phenoxy) is 1. The molecule has 104 valence electrons. The van der Waals surface area contributed by atoms with Crippen molar-refractivity contribution >= 4 is 17.6 Å². The average molecular weight is 272 g/mol. The number of carbonyl (C=O) groups excluding carboxylic acids is 2. The van der Waals surface area contributed by atoms with Gasteiger partial charge in [0, 0.05) is 0 Å². The van der Waals surface area contributed by atoms with Crippen molar-refractivity contribution in [2.24, 2.45) is 5.73 Å². The van der Waals surface area contributed by atoms with Gasteiger partial charge in [0.05, 0.1) is 18.4 Å². The van der Waals surface area contributed by atoms with E-state index in [1.807, 2.05) is 0 Å². The van der Waals surface area contributed by atoms with E-state index in [-0.39, 0.29) is 5.69 Å². The highest BCUT2D eigenvalue weighted by atomic mass is 19.2. The number of anilines is 1. The summed E-state index contributed by atoms with van der Waals surface area (Å²) < 4.78 is 31.7. The van der Waals surface area contributed by atoms with E-state index in [9.17, 15) is 18.4 Å². The number of halogens is 2. The highest BCUT2D eigenvalue weighted by molar-refractivity contribution is 5.91. The summed E-state index contributed by atoms with van der Waals surface area (Å²) in [4.78, 5) is 22.3. The minimum Gasteiger partial charge on any atom is -0.465 e. The third-order valence-corrected chi connectivity index (χ3v) is 2.55. The van der Waals surface area contributed by atoms with Gasteiger partial charge in [-0.05, 0) is 26.0 Å². The van der Waals surface area contributed by atoms with Crippen LogP contribution in [0.4, 0.5) is 14.5 Å². The Morgan fingerprint density at radius 1 is 1.26 bits per heavy atom. The van der Waals surface area contributed by atoms with Gasteiger partial charge >= 0.3 is 5.97 Å². The molecule has 0 saturated heterocycles. The number of nitrogens with two attached hydrogens (primary N) is 1. The van der Waals surface area contributed by atoms with Gasteiger partial charge in [-0.1, -0.05) is 0 Å². The lowest BCUT2D eigenvalue weighted by Crippen LogP contribution is -2.45.